The van der Waals surface area contributed by atoms with Crippen LogP contribution in [-0.2, 0) is 0 Å². The first-order valence-electron chi connectivity index (χ1n) is 4.34. The molecule has 88 valence electrons. The van der Waals surface area contributed by atoms with Crippen LogP contribution in [0.4, 0.5) is 11.4 Å². The number of benzene rings is 1. The predicted molar refractivity (Wildman–Crippen MR) is 64.1 cm³/mol. The minimum Gasteiger partial charge on any atom is -0.505 e. The lowest BCUT2D eigenvalue weighted by molar-refractivity contribution is -0.384. The van der Waals surface area contributed by atoms with Crippen LogP contribution in [0.2, 0.25) is 0 Å². The maximum absolute atomic E-state index is 10.7. The van der Waals surface area contributed by atoms with Crippen LogP contribution in [0.3, 0.4) is 0 Å². The van der Waals surface area contributed by atoms with Crippen molar-refractivity contribution in [2.75, 3.05) is 6.26 Å². The normalized spacial score (nSPS) is 10.7. The van der Waals surface area contributed by atoms with Crippen molar-refractivity contribution in [1.82, 2.24) is 5.32 Å². The minimum absolute atomic E-state index is 0.164. The third-order valence-corrected chi connectivity index (χ3v) is 2.34. The van der Waals surface area contributed by atoms with Crippen LogP contribution in [0.5, 0.6) is 5.75 Å². The molecule has 0 radical (unpaired) electrons. The van der Waals surface area contributed by atoms with Gasteiger partial charge in [0.25, 0.3) is 5.69 Å². The van der Waals surface area contributed by atoms with Crippen molar-refractivity contribution in [3.8, 4) is 11.9 Å². The quantitative estimate of drug-likeness (QED) is 0.207. The maximum Gasteiger partial charge on any atom is 0.298 e. The number of nitrogens with zero attached hydrogens (tertiary/aromatic N) is 3. The molecule has 0 fully saturated rings. The fraction of sp³-hybridized carbons (Fsp3) is 0.111. The fourth-order valence-electron chi connectivity index (χ4n) is 1.06. The van der Waals surface area contributed by atoms with Crippen molar-refractivity contribution in [3.63, 3.8) is 0 Å². The molecule has 0 aliphatic heterocycles. The van der Waals surface area contributed by atoms with Crippen LogP contribution >= 0.6 is 11.8 Å². The van der Waals surface area contributed by atoms with Crippen molar-refractivity contribution in [2.24, 2.45) is 4.99 Å². The van der Waals surface area contributed by atoms with Crippen molar-refractivity contribution < 1.29 is 10.0 Å². The predicted octanol–water partition coefficient (Wildman–Crippen LogP) is 1.72. The second-order valence-corrected chi connectivity index (χ2v) is 3.55. The topological polar surface area (TPSA) is 112 Å². The van der Waals surface area contributed by atoms with Crippen LogP contribution in [0.1, 0.15) is 0 Å². The molecule has 1 rings (SSSR count). The number of rotatable bonds is 2. The number of nitro groups is 1. The zero-order chi connectivity index (χ0) is 12.8. The molecule has 0 amide bonds. The molecule has 7 nitrogen and oxygen atoms in total. The van der Waals surface area contributed by atoms with Crippen molar-refractivity contribution in [1.29, 1.82) is 5.26 Å². The van der Waals surface area contributed by atoms with E-state index < -0.39 is 4.92 Å². The Kier molecular flexibility index (Phi) is 4.30. The molecule has 0 saturated heterocycles. The molecule has 1 aromatic carbocycles. The largest absolute Gasteiger partial charge is 0.505 e. The molecular weight excluding hydrogens is 244 g/mol. The van der Waals surface area contributed by atoms with Gasteiger partial charge in [0.15, 0.2) is 17.0 Å². The molecule has 8 heteroatoms. The summed E-state index contributed by atoms with van der Waals surface area (Å²) in [5.74, 6) is -0.314. The summed E-state index contributed by atoms with van der Waals surface area (Å²) in [7, 11) is 0. The van der Waals surface area contributed by atoms with Gasteiger partial charge in [-0.2, -0.15) is 5.26 Å². The highest BCUT2D eigenvalue weighted by molar-refractivity contribution is 8.13. The number of aromatic hydroxyl groups is 1. The van der Waals surface area contributed by atoms with E-state index in [1.807, 2.05) is 0 Å². The first kappa shape index (κ1) is 12.8. The molecular formula is C9H8N4O3S. The third kappa shape index (κ3) is 3.09. The van der Waals surface area contributed by atoms with Crippen molar-refractivity contribution in [3.05, 3.63) is 28.3 Å². The Hall–Kier alpha value is -2.27. The number of nitrogens with one attached hydrogen (secondary N) is 1. The summed E-state index contributed by atoms with van der Waals surface area (Å²) in [5, 5.41) is 31.1. The van der Waals surface area contributed by atoms with Crippen LogP contribution in [-0.4, -0.2) is 21.5 Å². The van der Waals surface area contributed by atoms with Crippen LogP contribution in [0.25, 0.3) is 0 Å². The number of nitriles is 1. The van der Waals surface area contributed by atoms with E-state index in [9.17, 15) is 15.2 Å². The highest BCUT2D eigenvalue weighted by Crippen LogP contribution is 2.36. The molecule has 0 saturated carbocycles. The fourth-order valence-corrected chi connectivity index (χ4v) is 1.39. The summed E-state index contributed by atoms with van der Waals surface area (Å²) in [6.07, 6.45) is 3.30. The number of phenolic OH excluding ortho intramolecular Hbond substituents is 1. The van der Waals surface area contributed by atoms with E-state index in [4.69, 9.17) is 5.26 Å². The number of thioether (sulfide) groups is 1. The Morgan fingerprint density at radius 3 is 2.94 bits per heavy atom. The number of nitro benzene ring substituents is 1. The summed E-state index contributed by atoms with van der Waals surface area (Å²) < 4.78 is 0. The SMILES string of the molecule is CSC(=Nc1c(O)cccc1[N+](=O)[O-])NC#N. The second kappa shape index (κ2) is 5.72. The van der Waals surface area contributed by atoms with Crippen molar-refractivity contribution in [2.45, 2.75) is 0 Å². The van der Waals surface area contributed by atoms with Crippen molar-refractivity contribution >= 4 is 28.3 Å². The molecule has 0 aromatic heterocycles. The molecule has 0 bridgehead atoms. The van der Waals surface area contributed by atoms with E-state index in [0.29, 0.717) is 0 Å². The first-order valence-corrected chi connectivity index (χ1v) is 5.56. The van der Waals surface area contributed by atoms with Gasteiger partial charge in [-0.3, -0.25) is 15.4 Å². The average molecular weight is 252 g/mol. The zero-order valence-electron chi connectivity index (χ0n) is 8.75. The molecule has 0 unspecified atom stereocenters. The standard InChI is InChI=1S/C9H8N4O3S/c1-17-9(11-5-10)12-8-6(13(15)16)3-2-4-7(8)14/h2-4,14H,1H3,(H,11,12). The minimum atomic E-state index is -0.650. The van der Waals surface area contributed by atoms with Gasteiger partial charge in [0, 0.05) is 6.07 Å². The first-order chi connectivity index (χ1) is 8.10. The monoisotopic (exact) mass is 252 g/mol. The number of aliphatic imine (C=N–C) groups is 1. The summed E-state index contributed by atoms with van der Waals surface area (Å²) in [6, 6.07) is 3.86. The summed E-state index contributed by atoms with van der Waals surface area (Å²) in [4.78, 5) is 13.9. The average Bonchev–Trinajstić information content (AvgIpc) is 2.30. The van der Waals surface area contributed by atoms with E-state index in [1.165, 1.54) is 18.2 Å². The molecule has 0 spiro atoms. The smallest absolute Gasteiger partial charge is 0.298 e. The number of amidine groups is 1. The van der Waals surface area contributed by atoms with E-state index >= 15 is 0 Å². The summed E-state index contributed by atoms with van der Waals surface area (Å²) in [6.45, 7) is 0. The van der Waals surface area contributed by atoms with Gasteiger partial charge < -0.3 is 5.11 Å². The number of phenols is 1. The lowest BCUT2D eigenvalue weighted by atomic mass is 10.2. The van der Waals surface area contributed by atoms with Gasteiger partial charge in [-0.25, -0.2) is 4.99 Å². The van der Waals surface area contributed by atoms with Crippen LogP contribution < -0.4 is 5.32 Å². The van der Waals surface area contributed by atoms with Gasteiger partial charge >= 0.3 is 0 Å². The van der Waals surface area contributed by atoms with E-state index in [1.54, 1.807) is 12.4 Å². The molecule has 0 aliphatic rings. The van der Waals surface area contributed by atoms with Gasteiger partial charge in [-0.05, 0) is 12.3 Å². The Balaban J connectivity index is 3.30. The Morgan fingerprint density at radius 1 is 1.71 bits per heavy atom. The lowest BCUT2D eigenvalue weighted by Crippen LogP contribution is -2.12. The molecule has 0 atom stereocenters. The number of para-hydroxylation sites is 1. The van der Waals surface area contributed by atoms with Gasteiger partial charge in [0.1, 0.15) is 5.75 Å². The maximum atomic E-state index is 10.7. The van der Waals surface area contributed by atoms with E-state index in [-0.39, 0.29) is 22.3 Å². The molecule has 0 heterocycles. The Bertz CT molecular complexity index is 509. The van der Waals surface area contributed by atoms with E-state index in [2.05, 4.69) is 10.3 Å². The highest BCUT2D eigenvalue weighted by Gasteiger charge is 2.17. The number of hydrogen-bond acceptors (Lipinski definition) is 6. The highest BCUT2D eigenvalue weighted by atomic mass is 32.2. The second-order valence-electron chi connectivity index (χ2n) is 2.76. The van der Waals surface area contributed by atoms with Gasteiger partial charge in [0.2, 0.25) is 0 Å². The van der Waals surface area contributed by atoms with Crippen LogP contribution in [0.15, 0.2) is 23.2 Å². The summed E-state index contributed by atoms with van der Waals surface area (Å²) >= 11 is 1.10. The van der Waals surface area contributed by atoms with Gasteiger partial charge in [-0.1, -0.05) is 17.8 Å². The molecule has 17 heavy (non-hydrogen) atoms. The van der Waals surface area contributed by atoms with Gasteiger partial charge in [0.05, 0.1) is 4.92 Å². The summed E-state index contributed by atoms with van der Waals surface area (Å²) in [5.41, 5.74) is -0.499. The Labute approximate surface area is 101 Å². The lowest BCUT2D eigenvalue weighted by Gasteiger charge is -2.02. The molecule has 2 N–H and O–H groups in total. The molecule has 1 aromatic rings. The Morgan fingerprint density at radius 2 is 2.41 bits per heavy atom. The number of hydrogen-bond donors (Lipinski definition) is 2. The third-order valence-electron chi connectivity index (χ3n) is 1.76. The van der Waals surface area contributed by atoms with E-state index in [0.717, 1.165) is 11.8 Å². The van der Waals surface area contributed by atoms with Gasteiger partial charge in [-0.15, -0.1) is 0 Å². The molecule has 0 aliphatic carbocycles. The zero-order valence-corrected chi connectivity index (χ0v) is 9.56. The van der Waals surface area contributed by atoms with Crippen LogP contribution in [0, 0.1) is 21.6 Å².